The van der Waals surface area contributed by atoms with Gasteiger partial charge in [0.15, 0.2) is 11.5 Å². The predicted molar refractivity (Wildman–Crippen MR) is 82.2 cm³/mol. The second-order valence-corrected chi connectivity index (χ2v) is 4.74. The number of benzene rings is 1. The highest BCUT2D eigenvalue weighted by molar-refractivity contribution is 5.96. The van der Waals surface area contributed by atoms with Crippen molar-refractivity contribution >= 4 is 17.6 Å². The molecule has 2 rings (SSSR count). The normalized spacial score (nSPS) is 10.2. The lowest BCUT2D eigenvalue weighted by Gasteiger charge is -2.14. The monoisotopic (exact) mass is 319 g/mol. The van der Waals surface area contributed by atoms with Gasteiger partial charge in [-0.25, -0.2) is 4.79 Å². The molecule has 7 nitrogen and oxygen atoms in total. The zero-order valence-electron chi connectivity index (χ0n) is 12.8. The van der Waals surface area contributed by atoms with E-state index < -0.39 is 5.97 Å². The van der Waals surface area contributed by atoms with Crippen LogP contribution in [0.2, 0.25) is 0 Å². The Morgan fingerprint density at radius 3 is 2.61 bits per heavy atom. The average molecular weight is 319 g/mol. The molecule has 1 heterocycles. The maximum atomic E-state index is 12.1. The van der Waals surface area contributed by atoms with Gasteiger partial charge in [-0.15, -0.1) is 0 Å². The number of aryl methyl sites for hydroxylation is 1. The predicted octanol–water partition coefficient (Wildman–Crippen LogP) is 2.57. The minimum atomic E-state index is -1.13. The molecule has 0 saturated heterocycles. The van der Waals surface area contributed by atoms with Crippen molar-refractivity contribution in [3.63, 3.8) is 0 Å². The molecule has 2 N–H and O–H groups in total. The second kappa shape index (κ2) is 7.35. The number of ether oxygens (including phenoxy) is 2. The molecular formula is C16H17NO6. The molecule has 0 saturated carbocycles. The van der Waals surface area contributed by atoms with Crippen LogP contribution in [0.15, 0.2) is 35.1 Å². The number of aromatic carboxylic acids is 1. The summed E-state index contributed by atoms with van der Waals surface area (Å²) in [6, 6.07) is 4.45. The Kier molecular flexibility index (Phi) is 5.24. The molecule has 0 spiro atoms. The summed E-state index contributed by atoms with van der Waals surface area (Å²) >= 11 is 0. The molecule has 0 unspecified atom stereocenters. The van der Waals surface area contributed by atoms with Crippen molar-refractivity contribution in [1.29, 1.82) is 0 Å². The number of carboxylic acids is 1. The van der Waals surface area contributed by atoms with E-state index in [0.717, 1.165) is 5.56 Å². The Hall–Kier alpha value is -2.96. The first-order valence-electron chi connectivity index (χ1n) is 6.85. The highest BCUT2D eigenvalue weighted by Crippen LogP contribution is 2.36. The summed E-state index contributed by atoms with van der Waals surface area (Å²) in [5.41, 5.74) is 1.15. The molecule has 1 amide bonds. The van der Waals surface area contributed by atoms with Crippen LogP contribution in [-0.4, -0.2) is 31.2 Å². The minimum absolute atomic E-state index is 0.00668. The topological polar surface area (TPSA) is 98.0 Å². The minimum Gasteiger partial charge on any atom is -0.493 e. The lowest BCUT2D eigenvalue weighted by molar-refractivity contribution is -0.116. The molecule has 0 radical (unpaired) electrons. The molecule has 1 aromatic carbocycles. The largest absolute Gasteiger partial charge is 0.493 e. The molecule has 0 fully saturated rings. The molecule has 0 aliphatic rings. The van der Waals surface area contributed by atoms with E-state index in [9.17, 15) is 9.59 Å². The van der Waals surface area contributed by atoms with Gasteiger partial charge in [0, 0.05) is 6.42 Å². The molecule has 122 valence electrons. The van der Waals surface area contributed by atoms with Crippen molar-refractivity contribution in [2.45, 2.75) is 12.8 Å². The van der Waals surface area contributed by atoms with Gasteiger partial charge in [0.05, 0.1) is 38.0 Å². The van der Waals surface area contributed by atoms with E-state index >= 15 is 0 Å². The summed E-state index contributed by atoms with van der Waals surface area (Å²) in [7, 11) is 2.81. The van der Waals surface area contributed by atoms with Gasteiger partial charge in [-0.2, -0.15) is 0 Å². The third-order valence-electron chi connectivity index (χ3n) is 3.22. The Balaban J connectivity index is 2.17. The molecule has 7 heteroatoms. The lowest BCUT2D eigenvalue weighted by Crippen LogP contribution is -2.14. The average Bonchev–Trinajstić information content (AvgIpc) is 3.05. The van der Waals surface area contributed by atoms with Gasteiger partial charge in [0.1, 0.15) is 0 Å². The SMILES string of the molecule is COc1cc(C(=O)O)cc(NC(=O)CCc2ccoc2)c1OC. The summed E-state index contributed by atoms with van der Waals surface area (Å²) in [4.78, 5) is 23.2. The summed E-state index contributed by atoms with van der Waals surface area (Å²) < 4.78 is 15.3. The number of rotatable bonds is 7. The van der Waals surface area contributed by atoms with E-state index in [-0.39, 0.29) is 35.1 Å². The van der Waals surface area contributed by atoms with Gasteiger partial charge in [-0.05, 0) is 30.2 Å². The molecule has 2 aromatic rings. The van der Waals surface area contributed by atoms with Crippen molar-refractivity contribution in [3.05, 3.63) is 41.9 Å². The summed E-state index contributed by atoms with van der Waals surface area (Å²) in [5, 5.41) is 11.8. The first-order valence-corrected chi connectivity index (χ1v) is 6.85. The number of anilines is 1. The fourth-order valence-corrected chi connectivity index (χ4v) is 2.09. The Bertz CT molecular complexity index is 693. The zero-order chi connectivity index (χ0) is 16.8. The highest BCUT2D eigenvalue weighted by Gasteiger charge is 2.17. The maximum Gasteiger partial charge on any atom is 0.335 e. The zero-order valence-corrected chi connectivity index (χ0v) is 12.8. The first-order chi connectivity index (χ1) is 11.0. The van der Waals surface area contributed by atoms with Crippen molar-refractivity contribution in [3.8, 4) is 11.5 Å². The molecule has 0 aliphatic heterocycles. The number of furan rings is 1. The van der Waals surface area contributed by atoms with Crippen molar-refractivity contribution in [2.24, 2.45) is 0 Å². The Labute approximate surface area is 132 Å². The van der Waals surface area contributed by atoms with E-state index in [2.05, 4.69) is 5.32 Å². The van der Waals surface area contributed by atoms with E-state index in [4.69, 9.17) is 19.0 Å². The molecule has 0 atom stereocenters. The fraction of sp³-hybridized carbons (Fsp3) is 0.250. The van der Waals surface area contributed by atoms with E-state index in [1.807, 2.05) is 0 Å². The van der Waals surface area contributed by atoms with Gasteiger partial charge < -0.3 is 24.3 Å². The molecule has 0 bridgehead atoms. The van der Waals surface area contributed by atoms with Crippen LogP contribution in [0.1, 0.15) is 22.3 Å². The lowest BCUT2D eigenvalue weighted by atomic mass is 10.1. The molecule has 1 aromatic heterocycles. The number of amides is 1. The Morgan fingerprint density at radius 2 is 2.04 bits per heavy atom. The van der Waals surface area contributed by atoms with Crippen LogP contribution < -0.4 is 14.8 Å². The van der Waals surface area contributed by atoms with Gasteiger partial charge in [0.2, 0.25) is 5.91 Å². The number of carbonyl (C=O) groups excluding carboxylic acids is 1. The van der Waals surface area contributed by atoms with Crippen LogP contribution in [-0.2, 0) is 11.2 Å². The molecule has 0 aliphatic carbocycles. The second-order valence-electron chi connectivity index (χ2n) is 4.74. The van der Waals surface area contributed by atoms with Crippen LogP contribution in [0.5, 0.6) is 11.5 Å². The third-order valence-corrected chi connectivity index (χ3v) is 3.22. The summed E-state index contributed by atoms with van der Waals surface area (Å²) in [6.07, 6.45) is 3.85. The van der Waals surface area contributed by atoms with Crippen molar-refractivity contribution in [1.82, 2.24) is 0 Å². The Morgan fingerprint density at radius 1 is 1.26 bits per heavy atom. The van der Waals surface area contributed by atoms with Crippen molar-refractivity contribution in [2.75, 3.05) is 19.5 Å². The number of hydrogen-bond donors (Lipinski definition) is 2. The van der Waals surface area contributed by atoms with Gasteiger partial charge in [0.25, 0.3) is 0 Å². The van der Waals surface area contributed by atoms with Crippen LogP contribution in [0.25, 0.3) is 0 Å². The number of carboxylic acid groups (broad SMARTS) is 1. The summed E-state index contributed by atoms with van der Waals surface area (Å²) in [5.74, 6) is -0.888. The molecule has 23 heavy (non-hydrogen) atoms. The summed E-state index contributed by atoms with van der Waals surface area (Å²) in [6.45, 7) is 0. The number of nitrogens with one attached hydrogen (secondary N) is 1. The number of methoxy groups -OCH3 is 2. The maximum absolute atomic E-state index is 12.1. The van der Waals surface area contributed by atoms with E-state index in [0.29, 0.717) is 6.42 Å². The van der Waals surface area contributed by atoms with Crippen LogP contribution in [0.3, 0.4) is 0 Å². The van der Waals surface area contributed by atoms with E-state index in [1.165, 1.54) is 32.6 Å². The molecular weight excluding hydrogens is 302 g/mol. The van der Waals surface area contributed by atoms with Crippen LogP contribution >= 0.6 is 0 Å². The third kappa shape index (κ3) is 4.03. The quantitative estimate of drug-likeness (QED) is 0.814. The van der Waals surface area contributed by atoms with E-state index in [1.54, 1.807) is 12.3 Å². The van der Waals surface area contributed by atoms with Crippen LogP contribution in [0, 0.1) is 0 Å². The standard InChI is InChI=1S/C16H17NO6/c1-21-13-8-11(16(19)20)7-12(15(13)22-2)17-14(18)4-3-10-5-6-23-9-10/h5-9H,3-4H2,1-2H3,(H,17,18)(H,19,20). The number of hydrogen-bond acceptors (Lipinski definition) is 5. The number of carbonyl (C=O) groups is 2. The smallest absolute Gasteiger partial charge is 0.335 e. The van der Waals surface area contributed by atoms with Gasteiger partial charge in [-0.3, -0.25) is 4.79 Å². The fourth-order valence-electron chi connectivity index (χ4n) is 2.09. The van der Waals surface area contributed by atoms with Crippen LogP contribution in [0.4, 0.5) is 5.69 Å². The highest BCUT2D eigenvalue weighted by atomic mass is 16.5. The van der Waals surface area contributed by atoms with Gasteiger partial charge >= 0.3 is 5.97 Å². The van der Waals surface area contributed by atoms with Gasteiger partial charge in [-0.1, -0.05) is 0 Å². The van der Waals surface area contributed by atoms with Crippen molar-refractivity contribution < 1.29 is 28.6 Å². The first kappa shape index (κ1) is 16.4.